The number of carbonyl (C=O) groups excluding carboxylic acids is 1. The summed E-state index contributed by atoms with van der Waals surface area (Å²) in [6.07, 6.45) is 0.370. The van der Waals surface area contributed by atoms with Gasteiger partial charge in [0.25, 0.3) is 0 Å². The summed E-state index contributed by atoms with van der Waals surface area (Å²) in [6.45, 7) is 8.78. The van der Waals surface area contributed by atoms with Crippen LogP contribution in [0.2, 0.25) is 0 Å². The van der Waals surface area contributed by atoms with Gasteiger partial charge in [-0.2, -0.15) is 4.99 Å². The number of fused-ring (bicyclic) bond motifs is 1. The van der Waals surface area contributed by atoms with Crippen LogP contribution >= 0.6 is 11.3 Å². The minimum atomic E-state index is -3.39. The lowest BCUT2D eigenvalue weighted by Crippen LogP contribution is -2.16. The number of benzene rings is 2. The molecule has 0 fully saturated rings. The minimum Gasteiger partial charge on any atom is -0.317 e. The second-order valence-corrected chi connectivity index (χ2v) is 10.4. The maximum atomic E-state index is 12.4. The Labute approximate surface area is 175 Å². The summed E-state index contributed by atoms with van der Waals surface area (Å²) in [5.74, 6) is -0.345. The van der Waals surface area contributed by atoms with Gasteiger partial charge in [-0.05, 0) is 63.4 Å². The van der Waals surface area contributed by atoms with E-state index in [0.717, 1.165) is 22.3 Å². The van der Waals surface area contributed by atoms with Crippen LogP contribution in [0.1, 0.15) is 36.5 Å². The van der Waals surface area contributed by atoms with E-state index in [9.17, 15) is 13.2 Å². The van der Waals surface area contributed by atoms with Crippen molar-refractivity contribution < 1.29 is 13.2 Å². The SMILES string of the molecule is CCn1c(=NC(=O)CCCS(=O)(=O)c2ccc(C)cc2)sc2c(C)cc(C)cc21. The van der Waals surface area contributed by atoms with E-state index in [1.54, 1.807) is 24.3 Å². The number of amides is 1. The fraction of sp³-hybridized carbons (Fsp3) is 0.364. The van der Waals surface area contributed by atoms with E-state index in [4.69, 9.17) is 0 Å². The molecule has 3 aromatic rings. The highest BCUT2D eigenvalue weighted by Gasteiger charge is 2.15. The molecule has 0 aliphatic carbocycles. The molecular formula is C22H26N2O3S2. The molecule has 154 valence electrons. The van der Waals surface area contributed by atoms with Gasteiger partial charge in [-0.25, -0.2) is 8.42 Å². The zero-order valence-electron chi connectivity index (χ0n) is 17.2. The first kappa shape index (κ1) is 21.5. The van der Waals surface area contributed by atoms with Gasteiger partial charge in [-0.3, -0.25) is 4.79 Å². The minimum absolute atomic E-state index is 0.0597. The third-order valence-corrected chi connectivity index (χ3v) is 7.88. The summed E-state index contributed by atoms with van der Waals surface area (Å²) < 4.78 is 28.0. The number of nitrogens with zero attached hydrogens (tertiary/aromatic N) is 2. The molecule has 1 aromatic heterocycles. The molecule has 0 N–H and O–H groups in total. The average Bonchev–Trinajstić information content (AvgIpc) is 2.99. The molecule has 2 aromatic carbocycles. The highest BCUT2D eigenvalue weighted by Crippen LogP contribution is 2.23. The van der Waals surface area contributed by atoms with Crippen LogP contribution in [-0.4, -0.2) is 24.6 Å². The van der Waals surface area contributed by atoms with Crippen LogP contribution in [0.4, 0.5) is 0 Å². The summed E-state index contributed by atoms with van der Waals surface area (Å²) in [5.41, 5.74) is 4.44. The van der Waals surface area contributed by atoms with Gasteiger partial charge in [0.15, 0.2) is 14.6 Å². The Bertz CT molecular complexity index is 1220. The standard InChI is InChI=1S/C22H26N2O3S2/c1-5-24-19-14-16(3)13-17(4)21(19)28-22(24)23-20(25)7-6-12-29(26,27)18-10-8-15(2)9-11-18/h8-11,13-14H,5-7,12H2,1-4H3. The lowest BCUT2D eigenvalue weighted by atomic mass is 10.1. The van der Waals surface area contributed by atoms with Gasteiger partial charge in [0, 0.05) is 13.0 Å². The molecule has 1 amide bonds. The maximum Gasteiger partial charge on any atom is 0.248 e. The Hall–Kier alpha value is -2.25. The van der Waals surface area contributed by atoms with E-state index in [1.165, 1.54) is 22.5 Å². The number of hydrogen-bond donors (Lipinski definition) is 0. The summed E-state index contributed by atoms with van der Waals surface area (Å²) in [7, 11) is -3.39. The maximum absolute atomic E-state index is 12.4. The summed E-state index contributed by atoms with van der Waals surface area (Å²) in [4.78, 5) is 17.7. The zero-order valence-corrected chi connectivity index (χ0v) is 18.9. The Morgan fingerprint density at radius 1 is 1.07 bits per heavy atom. The number of rotatable bonds is 6. The van der Waals surface area contributed by atoms with Crippen molar-refractivity contribution in [3.8, 4) is 0 Å². The first-order valence-corrected chi connectivity index (χ1v) is 12.2. The molecule has 0 spiro atoms. The van der Waals surface area contributed by atoms with Crippen LogP contribution in [0.15, 0.2) is 46.3 Å². The number of sulfone groups is 1. The number of hydrogen-bond acceptors (Lipinski definition) is 4. The van der Waals surface area contributed by atoms with Crippen molar-refractivity contribution in [1.82, 2.24) is 4.57 Å². The topological polar surface area (TPSA) is 68.5 Å². The van der Waals surface area contributed by atoms with Crippen molar-refractivity contribution in [1.29, 1.82) is 0 Å². The lowest BCUT2D eigenvalue weighted by Gasteiger charge is -2.04. The Kier molecular flexibility index (Phi) is 6.39. The Balaban J connectivity index is 1.76. The van der Waals surface area contributed by atoms with Crippen molar-refractivity contribution in [2.45, 2.75) is 52.0 Å². The average molecular weight is 431 g/mol. The molecule has 0 radical (unpaired) electrons. The van der Waals surface area contributed by atoms with Gasteiger partial charge in [-0.15, -0.1) is 0 Å². The third kappa shape index (κ3) is 4.85. The predicted molar refractivity (Wildman–Crippen MR) is 118 cm³/mol. The van der Waals surface area contributed by atoms with E-state index in [-0.39, 0.29) is 24.5 Å². The molecule has 0 saturated carbocycles. The second kappa shape index (κ2) is 8.63. The highest BCUT2D eigenvalue weighted by molar-refractivity contribution is 7.91. The molecule has 29 heavy (non-hydrogen) atoms. The summed E-state index contributed by atoms with van der Waals surface area (Å²) >= 11 is 1.51. The predicted octanol–water partition coefficient (Wildman–Crippen LogP) is 4.33. The van der Waals surface area contributed by atoms with Gasteiger partial charge >= 0.3 is 0 Å². The summed E-state index contributed by atoms with van der Waals surface area (Å²) in [5, 5.41) is 0. The molecule has 0 atom stereocenters. The van der Waals surface area contributed by atoms with Crippen molar-refractivity contribution in [3.05, 3.63) is 57.9 Å². The molecular weight excluding hydrogens is 404 g/mol. The normalized spacial score (nSPS) is 12.6. The van der Waals surface area contributed by atoms with E-state index < -0.39 is 9.84 Å². The second-order valence-electron chi connectivity index (χ2n) is 7.30. The fourth-order valence-electron chi connectivity index (χ4n) is 3.34. The summed E-state index contributed by atoms with van der Waals surface area (Å²) in [6, 6.07) is 11.0. The van der Waals surface area contributed by atoms with Crippen molar-refractivity contribution in [3.63, 3.8) is 0 Å². The molecule has 1 heterocycles. The molecule has 0 saturated heterocycles. The van der Waals surface area contributed by atoms with E-state index in [0.29, 0.717) is 9.70 Å². The van der Waals surface area contributed by atoms with E-state index in [1.807, 2.05) is 18.4 Å². The van der Waals surface area contributed by atoms with E-state index >= 15 is 0 Å². The molecule has 0 aliphatic rings. The molecule has 0 aliphatic heterocycles. The molecule has 3 rings (SSSR count). The van der Waals surface area contributed by atoms with Crippen molar-refractivity contribution in [2.24, 2.45) is 4.99 Å². The van der Waals surface area contributed by atoms with Crippen LogP contribution in [-0.2, 0) is 21.2 Å². The van der Waals surface area contributed by atoms with Gasteiger partial charge in [-0.1, -0.05) is 35.1 Å². The zero-order chi connectivity index (χ0) is 21.2. The van der Waals surface area contributed by atoms with Crippen LogP contribution in [0.25, 0.3) is 10.2 Å². The number of carbonyl (C=O) groups is 1. The van der Waals surface area contributed by atoms with Gasteiger partial charge in [0.1, 0.15) is 0 Å². The highest BCUT2D eigenvalue weighted by atomic mass is 32.2. The number of aromatic nitrogens is 1. The third-order valence-electron chi connectivity index (χ3n) is 4.83. The van der Waals surface area contributed by atoms with Crippen LogP contribution in [0, 0.1) is 20.8 Å². The number of aryl methyl sites for hydroxylation is 4. The molecule has 0 unspecified atom stereocenters. The molecule has 0 bridgehead atoms. The first-order valence-electron chi connectivity index (χ1n) is 9.69. The monoisotopic (exact) mass is 430 g/mol. The molecule has 5 nitrogen and oxygen atoms in total. The number of thiazole rings is 1. The lowest BCUT2D eigenvalue weighted by molar-refractivity contribution is -0.118. The largest absolute Gasteiger partial charge is 0.317 e. The fourth-order valence-corrected chi connectivity index (χ4v) is 5.81. The molecule has 7 heteroatoms. The van der Waals surface area contributed by atoms with Crippen LogP contribution < -0.4 is 4.80 Å². The van der Waals surface area contributed by atoms with Crippen molar-refractivity contribution >= 4 is 37.3 Å². The van der Waals surface area contributed by atoms with Crippen LogP contribution in [0.3, 0.4) is 0 Å². The quantitative estimate of drug-likeness (QED) is 0.584. The van der Waals surface area contributed by atoms with E-state index in [2.05, 4.69) is 31.0 Å². The van der Waals surface area contributed by atoms with Crippen molar-refractivity contribution in [2.75, 3.05) is 5.75 Å². The first-order chi connectivity index (χ1) is 13.7. The Morgan fingerprint density at radius 3 is 2.41 bits per heavy atom. The van der Waals surface area contributed by atoms with Gasteiger partial charge in [0.05, 0.1) is 20.9 Å². The Morgan fingerprint density at radius 2 is 1.76 bits per heavy atom. The van der Waals surface area contributed by atoms with Gasteiger partial charge in [0.2, 0.25) is 5.91 Å². The van der Waals surface area contributed by atoms with Crippen LogP contribution in [0.5, 0.6) is 0 Å². The smallest absolute Gasteiger partial charge is 0.248 e. The van der Waals surface area contributed by atoms with Gasteiger partial charge < -0.3 is 4.57 Å².